The Kier molecular flexibility index (Phi) is 6.48. The lowest BCUT2D eigenvalue weighted by Gasteiger charge is -2.13. The van der Waals surface area contributed by atoms with Crippen molar-refractivity contribution in [3.8, 4) is 5.75 Å². The number of thioether (sulfide) groups is 1. The number of carbonyl (C=O) groups is 1. The lowest BCUT2D eigenvalue weighted by molar-refractivity contribution is -0.122. The Balaban J connectivity index is 1.88. The first kappa shape index (κ1) is 17.1. The van der Waals surface area contributed by atoms with Gasteiger partial charge in [0.2, 0.25) is 5.13 Å². The van der Waals surface area contributed by atoms with E-state index in [9.17, 15) is 4.79 Å². The van der Waals surface area contributed by atoms with Crippen molar-refractivity contribution in [3.05, 3.63) is 29.3 Å². The third kappa shape index (κ3) is 5.15. The fourth-order valence-corrected chi connectivity index (χ4v) is 3.29. The molecule has 1 N–H and O–H groups in total. The van der Waals surface area contributed by atoms with Gasteiger partial charge in [-0.3, -0.25) is 10.1 Å². The molecule has 0 aliphatic heterocycles. The van der Waals surface area contributed by atoms with Gasteiger partial charge in [0.05, 0.1) is 0 Å². The highest BCUT2D eigenvalue weighted by atomic mass is 35.5. The van der Waals surface area contributed by atoms with Crippen molar-refractivity contribution in [1.29, 1.82) is 0 Å². The van der Waals surface area contributed by atoms with E-state index in [0.717, 1.165) is 16.5 Å². The molecule has 1 atom stereocenters. The highest BCUT2D eigenvalue weighted by Gasteiger charge is 2.17. The van der Waals surface area contributed by atoms with Crippen molar-refractivity contribution < 1.29 is 9.53 Å². The molecule has 1 heterocycles. The van der Waals surface area contributed by atoms with Gasteiger partial charge >= 0.3 is 0 Å². The fraction of sp³-hybridized carbons (Fsp3) is 0.357. The monoisotopic (exact) mass is 357 g/mol. The van der Waals surface area contributed by atoms with Gasteiger partial charge in [0.1, 0.15) is 5.75 Å². The van der Waals surface area contributed by atoms with Crippen LogP contribution in [0.15, 0.2) is 28.6 Å². The highest BCUT2D eigenvalue weighted by Crippen LogP contribution is 2.26. The molecule has 0 saturated heterocycles. The maximum absolute atomic E-state index is 12.1. The number of amides is 1. The number of nitrogens with one attached hydrogen (secondary N) is 1. The van der Waals surface area contributed by atoms with E-state index in [0.29, 0.717) is 15.9 Å². The van der Waals surface area contributed by atoms with Gasteiger partial charge < -0.3 is 4.74 Å². The largest absolute Gasteiger partial charge is 0.481 e. The van der Waals surface area contributed by atoms with Crippen molar-refractivity contribution >= 4 is 45.7 Å². The fourth-order valence-electron chi connectivity index (χ4n) is 1.49. The van der Waals surface area contributed by atoms with Crippen LogP contribution < -0.4 is 10.1 Å². The molecular weight excluding hydrogens is 342 g/mol. The molecule has 0 fully saturated rings. The summed E-state index contributed by atoms with van der Waals surface area (Å²) in [4.78, 5) is 12.1. The number of anilines is 1. The molecule has 1 aromatic heterocycles. The Labute approximate surface area is 142 Å². The molecule has 0 bridgehead atoms. The Morgan fingerprint density at radius 3 is 2.82 bits per heavy atom. The minimum Gasteiger partial charge on any atom is -0.481 e. The van der Waals surface area contributed by atoms with Crippen LogP contribution in [0.1, 0.15) is 20.3 Å². The second-order valence-electron chi connectivity index (χ2n) is 4.42. The van der Waals surface area contributed by atoms with E-state index in [1.54, 1.807) is 43.0 Å². The van der Waals surface area contributed by atoms with E-state index in [1.165, 1.54) is 11.3 Å². The molecule has 0 saturated carbocycles. The molecule has 2 rings (SSSR count). The zero-order valence-electron chi connectivity index (χ0n) is 12.2. The van der Waals surface area contributed by atoms with Gasteiger partial charge in [-0.2, -0.15) is 0 Å². The van der Waals surface area contributed by atoms with Crippen molar-refractivity contribution in [2.24, 2.45) is 0 Å². The Morgan fingerprint density at radius 2 is 2.14 bits per heavy atom. The number of carbonyl (C=O) groups excluding carboxylic acids is 1. The summed E-state index contributed by atoms with van der Waals surface area (Å²) in [6.07, 6.45) is 0.426. The number of hydrogen-bond acceptors (Lipinski definition) is 6. The van der Waals surface area contributed by atoms with Gasteiger partial charge in [0.25, 0.3) is 5.91 Å². The average Bonchev–Trinajstić information content (AvgIpc) is 2.95. The van der Waals surface area contributed by atoms with E-state index in [1.807, 2.05) is 0 Å². The summed E-state index contributed by atoms with van der Waals surface area (Å²) in [5.74, 6) is 1.31. The van der Waals surface area contributed by atoms with Gasteiger partial charge in [-0.25, -0.2) is 0 Å². The molecule has 5 nitrogen and oxygen atoms in total. The Bertz CT molecular complexity index is 619. The molecule has 8 heteroatoms. The van der Waals surface area contributed by atoms with Crippen LogP contribution in [0.3, 0.4) is 0 Å². The van der Waals surface area contributed by atoms with E-state index in [-0.39, 0.29) is 5.91 Å². The van der Waals surface area contributed by atoms with Gasteiger partial charge in [-0.15, -0.1) is 10.2 Å². The van der Waals surface area contributed by atoms with Gasteiger partial charge in [0.15, 0.2) is 10.4 Å². The topological polar surface area (TPSA) is 64.1 Å². The SMILES string of the molecule is CCCSc1nnc(NC(=O)C(C)Oc2ccc(Cl)cc2)s1. The second-order valence-corrected chi connectivity index (χ2v) is 7.18. The predicted molar refractivity (Wildman–Crippen MR) is 91.1 cm³/mol. The summed E-state index contributed by atoms with van der Waals surface area (Å²) < 4.78 is 6.41. The molecule has 0 spiro atoms. The van der Waals surface area contributed by atoms with Crippen molar-refractivity contribution in [1.82, 2.24) is 10.2 Å². The number of benzene rings is 1. The molecule has 1 unspecified atom stereocenters. The average molecular weight is 358 g/mol. The molecule has 0 radical (unpaired) electrons. The summed E-state index contributed by atoms with van der Waals surface area (Å²) in [5, 5.41) is 11.8. The van der Waals surface area contributed by atoms with Crippen molar-refractivity contribution in [2.45, 2.75) is 30.7 Å². The first-order valence-electron chi connectivity index (χ1n) is 6.78. The number of halogens is 1. The third-order valence-corrected chi connectivity index (χ3v) is 4.99. The summed E-state index contributed by atoms with van der Waals surface area (Å²) in [5.41, 5.74) is 0. The smallest absolute Gasteiger partial charge is 0.266 e. The minimum absolute atomic E-state index is 0.266. The maximum Gasteiger partial charge on any atom is 0.266 e. The van der Waals surface area contributed by atoms with Crippen LogP contribution in [-0.4, -0.2) is 28.0 Å². The van der Waals surface area contributed by atoms with E-state index in [4.69, 9.17) is 16.3 Å². The predicted octanol–water partition coefficient (Wildman–Crippen LogP) is 4.10. The first-order valence-corrected chi connectivity index (χ1v) is 8.96. The van der Waals surface area contributed by atoms with Crippen LogP contribution in [0, 0.1) is 0 Å². The summed E-state index contributed by atoms with van der Waals surface area (Å²) in [6.45, 7) is 3.78. The van der Waals surface area contributed by atoms with Crippen LogP contribution in [0.2, 0.25) is 5.02 Å². The molecule has 0 aliphatic carbocycles. The van der Waals surface area contributed by atoms with E-state index < -0.39 is 6.10 Å². The normalized spacial score (nSPS) is 12.0. The van der Waals surface area contributed by atoms with Crippen LogP contribution in [0.25, 0.3) is 0 Å². The maximum atomic E-state index is 12.1. The number of rotatable bonds is 7. The van der Waals surface area contributed by atoms with Crippen LogP contribution >= 0.6 is 34.7 Å². The summed E-state index contributed by atoms with van der Waals surface area (Å²) in [6, 6.07) is 6.86. The Hall–Kier alpha value is -1.31. The molecule has 0 aliphatic rings. The standard InChI is InChI=1S/C14H16ClN3O2S2/c1-3-8-21-14-18-17-13(22-14)16-12(19)9(2)20-11-6-4-10(15)5-7-11/h4-7,9H,3,8H2,1-2H3,(H,16,17,19). The number of ether oxygens (including phenoxy) is 1. The molecule has 2 aromatic rings. The van der Waals surface area contributed by atoms with Gasteiger partial charge in [-0.05, 0) is 37.6 Å². The van der Waals surface area contributed by atoms with Gasteiger partial charge in [-0.1, -0.05) is 41.6 Å². The second kappa shape index (κ2) is 8.36. The molecule has 1 amide bonds. The molecular formula is C14H16ClN3O2S2. The minimum atomic E-state index is -0.642. The quantitative estimate of drug-likeness (QED) is 0.597. The zero-order chi connectivity index (χ0) is 15.9. The lowest BCUT2D eigenvalue weighted by atomic mass is 10.3. The van der Waals surface area contributed by atoms with Crippen molar-refractivity contribution in [2.75, 3.05) is 11.1 Å². The molecule has 1 aromatic carbocycles. The van der Waals surface area contributed by atoms with Crippen LogP contribution in [0.5, 0.6) is 5.75 Å². The molecule has 22 heavy (non-hydrogen) atoms. The number of aromatic nitrogens is 2. The summed E-state index contributed by atoms with van der Waals surface area (Å²) >= 11 is 8.80. The van der Waals surface area contributed by atoms with Crippen LogP contribution in [-0.2, 0) is 4.79 Å². The first-order chi connectivity index (χ1) is 10.6. The van der Waals surface area contributed by atoms with E-state index >= 15 is 0 Å². The zero-order valence-corrected chi connectivity index (χ0v) is 14.6. The number of hydrogen-bond donors (Lipinski definition) is 1. The lowest BCUT2D eigenvalue weighted by Crippen LogP contribution is -2.30. The molecule has 118 valence electrons. The van der Waals surface area contributed by atoms with Crippen LogP contribution in [0.4, 0.5) is 5.13 Å². The van der Waals surface area contributed by atoms with Crippen molar-refractivity contribution in [3.63, 3.8) is 0 Å². The Morgan fingerprint density at radius 1 is 1.41 bits per heavy atom. The third-order valence-electron chi connectivity index (χ3n) is 2.56. The van der Waals surface area contributed by atoms with E-state index in [2.05, 4.69) is 22.4 Å². The highest BCUT2D eigenvalue weighted by molar-refractivity contribution is 8.01. The summed E-state index contributed by atoms with van der Waals surface area (Å²) in [7, 11) is 0. The van der Waals surface area contributed by atoms with Gasteiger partial charge in [0, 0.05) is 10.8 Å². The number of nitrogens with zero attached hydrogens (tertiary/aromatic N) is 2.